The molecule has 0 saturated carbocycles. The number of rotatable bonds is 2. The molecule has 0 amide bonds. The van der Waals surface area contributed by atoms with Crippen LogP contribution in [-0.4, -0.2) is 4.57 Å². The fourth-order valence-electron chi connectivity index (χ4n) is 2.37. The number of aromatic nitrogens is 1. The van der Waals surface area contributed by atoms with Crippen LogP contribution in [0.4, 0.5) is 0 Å². The van der Waals surface area contributed by atoms with Gasteiger partial charge < -0.3 is 4.57 Å². The molecule has 0 bridgehead atoms. The molecule has 0 fully saturated rings. The number of aryl methyl sites for hydroxylation is 1. The Kier molecular flexibility index (Phi) is 3.15. The van der Waals surface area contributed by atoms with Gasteiger partial charge in [-0.05, 0) is 44.2 Å². The van der Waals surface area contributed by atoms with E-state index in [9.17, 15) is 4.79 Å². The van der Waals surface area contributed by atoms with Crippen molar-refractivity contribution in [2.24, 2.45) is 0 Å². The van der Waals surface area contributed by atoms with Crippen LogP contribution < -0.4 is 5.56 Å². The van der Waals surface area contributed by atoms with E-state index in [1.54, 1.807) is 0 Å². The maximum Gasteiger partial charge on any atom is 0.255 e. The largest absolute Gasteiger partial charge is 0.312 e. The molecule has 0 N–H and O–H groups in total. The Morgan fingerprint density at radius 2 is 2.13 bits per heavy atom. The van der Waals surface area contributed by atoms with E-state index >= 15 is 0 Å². The Hall–Kier alpha value is -0.760. The topological polar surface area (TPSA) is 22.0 Å². The SMILES string of the molecule is CCn1c2c(cc(CCl)c1=O)CCCC2. The molecular weight excluding hydrogens is 210 g/mol. The quantitative estimate of drug-likeness (QED) is 0.709. The summed E-state index contributed by atoms with van der Waals surface area (Å²) in [4.78, 5) is 12.0. The molecule has 1 aliphatic carbocycles. The molecule has 1 aromatic heterocycles. The maximum atomic E-state index is 12.0. The monoisotopic (exact) mass is 225 g/mol. The van der Waals surface area contributed by atoms with E-state index in [2.05, 4.69) is 0 Å². The molecule has 15 heavy (non-hydrogen) atoms. The molecule has 1 aliphatic rings. The van der Waals surface area contributed by atoms with Gasteiger partial charge in [0.05, 0.1) is 5.88 Å². The molecule has 1 heterocycles. The normalized spacial score (nSPS) is 15.1. The zero-order valence-electron chi connectivity index (χ0n) is 9.05. The maximum absolute atomic E-state index is 12.0. The molecule has 1 aromatic rings. The number of hydrogen-bond donors (Lipinski definition) is 0. The third-order valence-electron chi connectivity index (χ3n) is 3.13. The molecule has 2 nitrogen and oxygen atoms in total. The van der Waals surface area contributed by atoms with Crippen molar-refractivity contribution in [3.63, 3.8) is 0 Å². The highest BCUT2D eigenvalue weighted by Gasteiger charge is 2.16. The Labute approximate surface area is 94.9 Å². The third kappa shape index (κ3) is 1.83. The van der Waals surface area contributed by atoms with Crippen molar-refractivity contribution in [1.29, 1.82) is 0 Å². The average Bonchev–Trinajstić information content (AvgIpc) is 2.28. The lowest BCUT2D eigenvalue weighted by Crippen LogP contribution is -2.28. The first-order chi connectivity index (χ1) is 7.27. The molecule has 0 spiro atoms. The summed E-state index contributed by atoms with van der Waals surface area (Å²) in [6, 6.07) is 2.01. The van der Waals surface area contributed by atoms with Gasteiger partial charge in [0, 0.05) is 17.8 Å². The van der Waals surface area contributed by atoms with Crippen LogP contribution in [0.15, 0.2) is 10.9 Å². The Morgan fingerprint density at radius 3 is 2.80 bits per heavy atom. The summed E-state index contributed by atoms with van der Waals surface area (Å²) in [5.74, 6) is 0.326. The molecule has 0 aliphatic heterocycles. The molecule has 3 heteroatoms. The van der Waals surface area contributed by atoms with Crippen LogP contribution in [0.5, 0.6) is 0 Å². The lowest BCUT2D eigenvalue weighted by molar-refractivity contribution is 0.588. The number of hydrogen-bond acceptors (Lipinski definition) is 1. The summed E-state index contributed by atoms with van der Waals surface area (Å²) in [6.07, 6.45) is 4.57. The molecule has 2 rings (SSSR count). The van der Waals surface area contributed by atoms with Gasteiger partial charge in [-0.2, -0.15) is 0 Å². The fraction of sp³-hybridized carbons (Fsp3) is 0.583. The van der Waals surface area contributed by atoms with E-state index in [0.717, 1.165) is 24.9 Å². The van der Waals surface area contributed by atoms with Crippen molar-refractivity contribution in [3.8, 4) is 0 Å². The summed E-state index contributed by atoms with van der Waals surface area (Å²) in [6.45, 7) is 2.78. The zero-order valence-corrected chi connectivity index (χ0v) is 9.81. The molecule has 0 radical (unpaired) electrons. The van der Waals surface area contributed by atoms with E-state index in [4.69, 9.17) is 11.6 Å². The second kappa shape index (κ2) is 4.40. The minimum Gasteiger partial charge on any atom is -0.312 e. The number of nitrogens with zero attached hydrogens (tertiary/aromatic N) is 1. The van der Waals surface area contributed by atoms with E-state index in [1.165, 1.54) is 24.1 Å². The lowest BCUT2D eigenvalue weighted by atomic mass is 9.94. The minimum atomic E-state index is 0.105. The molecule has 0 saturated heterocycles. The number of pyridine rings is 1. The summed E-state index contributed by atoms with van der Waals surface area (Å²) >= 11 is 5.79. The van der Waals surface area contributed by atoms with Crippen LogP contribution in [0.25, 0.3) is 0 Å². The van der Waals surface area contributed by atoms with Crippen molar-refractivity contribution >= 4 is 11.6 Å². The highest BCUT2D eigenvalue weighted by atomic mass is 35.5. The van der Waals surface area contributed by atoms with Crippen molar-refractivity contribution in [1.82, 2.24) is 4.57 Å². The zero-order chi connectivity index (χ0) is 10.8. The van der Waals surface area contributed by atoms with Gasteiger partial charge in [0.15, 0.2) is 0 Å². The van der Waals surface area contributed by atoms with Gasteiger partial charge >= 0.3 is 0 Å². The predicted molar refractivity (Wildman–Crippen MR) is 62.6 cm³/mol. The molecule has 0 atom stereocenters. The second-order valence-electron chi connectivity index (χ2n) is 4.03. The molecule has 0 unspecified atom stereocenters. The first kappa shape index (κ1) is 10.7. The number of fused-ring (bicyclic) bond motifs is 1. The highest BCUT2D eigenvalue weighted by Crippen LogP contribution is 2.21. The van der Waals surface area contributed by atoms with Gasteiger partial charge in [0.1, 0.15) is 0 Å². The Morgan fingerprint density at radius 1 is 1.40 bits per heavy atom. The van der Waals surface area contributed by atoms with Crippen LogP contribution in [0.3, 0.4) is 0 Å². The van der Waals surface area contributed by atoms with Crippen molar-refractivity contribution < 1.29 is 0 Å². The summed E-state index contributed by atoms with van der Waals surface area (Å²) < 4.78 is 1.90. The Balaban J connectivity index is 2.63. The summed E-state index contributed by atoms with van der Waals surface area (Å²) in [7, 11) is 0. The van der Waals surface area contributed by atoms with Gasteiger partial charge in [-0.15, -0.1) is 11.6 Å². The number of alkyl halides is 1. The second-order valence-corrected chi connectivity index (χ2v) is 4.30. The first-order valence-electron chi connectivity index (χ1n) is 5.58. The Bertz CT molecular complexity index is 422. The molecule has 82 valence electrons. The average molecular weight is 226 g/mol. The van der Waals surface area contributed by atoms with Crippen LogP contribution in [0.1, 0.15) is 36.6 Å². The van der Waals surface area contributed by atoms with Gasteiger partial charge in [-0.1, -0.05) is 0 Å². The number of halogens is 1. The van der Waals surface area contributed by atoms with Crippen molar-refractivity contribution in [3.05, 3.63) is 33.2 Å². The minimum absolute atomic E-state index is 0.105. The fourth-order valence-corrected chi connectivity index (χ4v) is 2.57. The smallest absolute Gasteiger partial charge is 0.255 e. The summed E-state index contributed by atoms with van der Waals surface area (Å²) in [5, 5.41) is 0. The van der Waals surface area contributed by atoms with Crippen LogP contribution in [0.2, 0.25) is 0 Å². The van der Waals surface area contributed by atoms with Gasteiger partial charge in [0.2, 0.25) is 0 Å². The third-order valence-corrected chi connectivity index (χ3v) is 3.42. The standard InChI is InChI=1S/C12H16ClNO/c1-2-14-11-6-4-3-5-9(11)7-10(8-13)12(14)15/h7H,2-6,8H2,1H3. The highest BCUT2D eigenvalue weighted by molar-refractivity contribution is 6.17. The van der Waals surface area contributed by atoms with Crippen molar-refractivity contribution in [2.75, 3.05) is 0 Å². The molecule has 0 aromatic carbocycles. The van der Waals surface area contributed by atoms with E-state index in [-0.39, 0.29) is 5.56 Å². The van der Waals surface area contributed by atoms with Crippen LogP contribution in [0, 0.1) is 0 Å². The van der Waals surface area contributed by atoms with Crippen LogP contribution >= 0.6 is 11.6 Å². The van der Waals surface area contributed by atoms with Gasteiger partial charge in [0.25, 0.3) is 5.56 Å². The van der Waals surface area contributed by atoms with E-state index in [1.807, 2.05) is 17.6 Å². The lowest BCUT2D eigenvalue weighted by Gasteiger charge is -2.21. The van der Waals surface area contributed by atoms with Gasteiger partial charge in [-0.25, -0.2) is 0 Å². The van der Waals surface area contributed by atoms with Gasteiger partial charge in [-0.3, -0.25) is 4.79 Å². The molecular formula is C12H16ClNO. The summed E-state index contributed by atoms with van der Waals surface area (Å²) in [5.41, 5.74) is 3.42. The van der Waals surface area contributed by atoms with E-state index in [0.29, 0.717) is 5.88 Å². The van der Waals surface area contributed by atoms with Crippen LogP contribution in [-0.2, 0) is 25.3 Å². The first-order valence-corrected chi connectivity index (χ1v) is 6.11. The van der Waals surface area contributed by atoms with E-state index < -0.39 is 0 Å². The van der Waals surface area contributed by atoms with Crippen molar-refractivity contribution in [2.45, 2.75) is 45.0 Å². The predicted octanol–water partition coefficient (Wildman–Crippen LogP) is 2.49.